The van der Waals surface area contributed by atoms with Crippen molar-refractivity contribution in [1.29, 1.82) is 0 Å². The Hall–Kier alpha value is -4.04. The Morgan fingerprint density at radius 3 is 2.12 bits per heavy atom. The number of aryl methyl sites for hydroxylation is 1. The van der Waals surface area contributed by atoms with Crippen LogP contribution in [0.15, 0.2) is 79.4 Å². The highest BCUT2D eigenvalue weighted by Gasteiger charge is 2.12. The smallest absolute Gasteiger partial charge is 0.166 e. The number of hydrogen-bond acceptors (Lipinski definition) is 1. The van der Waals surface area contributed by atoms with E-state index >= 15 is 0 Å². The van der Waals surface area contributed by atoms with Crippen LogP contribution in [0.2, 0.25) is 0 Å². The first-order valence-corrected chi connectivity index (χ1v) is 10.6. The highest BCUT2D eigenvalue weighted by Crippen LogP contribution is 2.23. The van der Waals surface area contributed by atoms with E-state index in [2.05, 4.69) is 18.4 Å². The summed E-state index contributed by atoms with van der Waals surface area (Å²) in [6, 6.07) is 17.2. The fraction of sp³-hybridized carbons (Fsp3) is 0.103. The molecule has 4 aromatic carbocycles. The van der Waals surface area contributed by atoms with Crippen molar-refractivity contribution < 1.29 is 22.3 Å². The van der Waals surface area contributed by atoms with Crippen LogP contribution in [0, 0.1) is 35.1 Å². The summed E-state index contributed by atoms with van der Waals surface area (Å²) in [5.41, 5.74) is 2.37. The SMILES string of the molecule is C=CCOc1cc(F)c(CCc2ccc(C#Cc3ccc4c(F)c(F)ccc4c3)cc2)c(F)c1. The number of halogens is 4. The molecule has 0 saturated carbocycles. The molecule has 0 unspecified atom stereocenters. The second kappa shape index (κ2) is 10.3. The Bertz CT molecular complexity index is 1390. The molecular weight excluding hydrogens is 440 g/mol. The Morgan fingerprint density at radius 2 is 1.41 bits per heavy atom. The summed E-state index contributed by atoms with van der Waals surface area (Å²) in [6.07, 6.45) is 2.17. The molecule has 0 amide bonds. The zero-order valence-corrected chi connectivity index (χ0v) is 18.2. The number of hydrogen-bond donors (Lipinski definition) is 0. The molecule has 0 fully saturated rings. The quantitative estimate of drug-likeness (QED) is 0.169. The Balaban J connectivity index is 1.43. The molecular formula is C29H20F4O. The molecule has 5 heteroatoms. The van der Waals surface area contributed by atoms with Gasteiger partial charge in [0.05, 0.1) is 0 Å². The maximum Gasteiger partial charge on any atom is 0.166 e. The first-order valence-electron chi connectivity index (χ1n) is 10.6. The van der Waals surface area contributed by atoms with Crippen molar-refractivity contribution in [3.05, 3.63) is 125 Å². The number of fused-ring (bicyclic) bond motifs is 1. The van der Waals surface area contributed by atoms with Crippen molar-refractivity contribution in [3.63, 3.8) is 0 Å². The fourth-order valence-corrected chi connectivity index (χ4v) is 3.57. The van der Waals surface area contributed by atoms with Crippen LogP contribution in [0.5, 0.6) is 5.75 Å². The van der Waals surface area contributed by atoms with Gasteiger partial charge in [0, 0.05) is 34.2 Å². The van der Waals surface area contributed by atoms with Gasteiger partial charge >= 0.3 is 0 Å². The lowest BCUT2D eigenvalue weighted by Crippen LogP contribution is -2.01. The third-order valence-corrected chi connectivity index (χ3v) is 5.36. The van der Waals surface area contributed by atoms with Crippen LogP contribution in [0.25, 0.3) is 10.8 Å². The number of benzene rings is 4. The van der Waals surface area contributed by atoms with Crippen LogP contribution in [-0.2, 0) is 12.8 Å². The standard InChI is InChI=1S/C29H20F4O/c1-2-15-34-23-17-27(31)25(28(32)18-23)13-9-20-5-3-19(4-6-20)7-8-21-10-12-24-22(16-21)11-14-26(30)29(24)33/h2-6,10-12,14,16-18H,1,9,13,15H2. The van der Waals surface area contributed by atoms with Crippen molar-refractivity contribution in [2.24, 2.45) is 0 Å². The summed E-state index contributed by atoms with van der Waals surface area (Å²) >= 11 is 0. The predicted molar refractivity (Wildman–Crippen MR) is 126 cm³/mol. The van der Waals surface area contributed by atoms with E-state index in [1.165, 1.54) is 30.3 Å². The van der Waals surface area contributed by atoms with E-state index in [4.69, 9.17) is 4.74 Å². The molecule has 0 spiro atoms. The molecule has 0 aliphatic rings. The highest BCUT2D eigenvalue weighted by atomic mass is 19.2. The largest absolute Gasteiger partial charge is 0.489 e. The van der Waals surface area contributed by atoms with Gasteiger partial charge < -0.3 is 4.74 Å². The molecule has 0 heterocycles. The Morgan fingerprint density at radius 1 is 0.735 bits per heavy atom. The molecule has 4 rings (SSSR count). The molecule has 1 nitrogen and oxygen atoms in total. The molecule has 0 N–H and O–H groups in total. The summed E-state index contributed by atoms with van der Waals surface area (Å²) < 4.78 is 61.0. The van der Waals surface area contributed by atoms with Crippen molar-refractivity contribution in [1.82, 2.24) is 0 Å². The minimum Gasteiger partial charge on any atom is -0.489 e. The third-order valence-electron chi connectivity index (χ3n) is 5.36. The van der Waals surface area contributed by atoms with Gasteiger partial charge in [-0.25, -0.2) is 17.6 Å². The minimum atomic E-state index is -0.883. The van der Waals surface area contributed by atoms with Crippen molar-refractivity contribution in [2.45, 2.75) is 12.8 Å². The monoisotopic (exact) mass is 460 g/mol. The first-order chi connectivity index (χ1) is 16.4. The van der Waals surface area contributed by atoms with Gasteiger partial charge in [-0.05, 0) is 54.1 Å². The molecule has 0 radical (unpaired) electrons. The van der Waals surface area contributed by atoms with Crippen LogP contribution in [0.1, 0.15) is 22.3 Å². The zero-order chi connectivity index (χ0) is 24.1. The lowest BCUT2D eigenvalue weighted by Gasteiger charge is -2.09. The average Bonchev–Trinajstić information content (AvgIpc) is 2.84. The van der Waals surface area contributed by atoms with Crippen LogP contribution in [0.3, 0.4) is 0 Å². The zero-order valence-electron chi connectivity index (χ0n) is 18.2. The maximum atomic E-state index is 14.3. The molecule has 4 aromatic rings. The van der Waals surface area contributed by atoms with Gasteiger partial charge in [-0.1, -0.05) is 48.8 Å². The molecule has 0 aromatic heterocycles. The summed E-state index contributed by atoms with van der Waals surface area (Å²) in [5, 5.41) is 0.780. The van der Waals surface area contributed by atoms with E-state index in [0.29, 0.717) is 17.4 Å². The predicted octanol–water partition coefficient (Wildman–Crippen LogP) is 7.15. The molecule has 0 aliphatic carbocycles. The lowest BCUT2D eigenvalue weighted by atomic mass is 10.0. The van der Waals surface area contributed by atoms with E-state index in [9.17, 15) is 17.6 Å². The molecule has 0 saturated heterocycles. The molecule has 0 aliphatic heterocycles. The van der Waals surface area contributed by atoms with Gasteiger partial charge in [-0.3, -0.25) is 0 Å². The van der Waals surface area contributed by atoms with Crippen LogP contribution < -0.4 is 4.74 Å². The van der Waals surface area contributed by atoms with Gasteiger partial charge in [0.1, 0.15) is 24.0 Å². The van der Waals surface area contributed by atoms with Gasteiger partial charge in [-0.15, -0.1) is 0 Å². The second-order valence-corrected chi connectivity index (χ2v) is 7.71. The van der Waals surface area contributed by atoms with E-state index in [1.807, 2.05) is 24.3 Å². The molecule has 0 atom stereocenters. The van der Waals surface area contributed by atoms with Crippen LogP contribution in [-0.4, -0.2) is 6.61 Å². The van der Waals surface area contributed by atoms with Crippen LogP contribution in [0.4, 0.5) is 17.6 Å². The first kappa shape index (κ1) is 23.1. The summed E-state index contributed by atoms with van der Waals surface area (Å²) in [5.74, 6) is 3.15. The van der Waals surface area contributed by atoms with Gasteiger partial charge in [-0.2, -0.15) is 0 Å². The maximum absolute atomic E-state index is 14.3. The normalized spacial score (nSPS) is 10.6. The third kappa shape index (κ3) is 5.29. The summed E-state index contributed by atoms with van der Waals surface area (Å²) in [4.78, 5) is 0. The summed E-state index contributed by atoms with van der Waals surface area (Å²) in [7, 11) is 0. The summed E-state index contributed by atoms with van der Waals surface area (Å²) in [6.45, 7) is 3.68. The highest BCUT2D eigenvalue weighted by molar-refractivity contribution is 5.84. The fourth-order valence-electron chi connectivity index (χ4n) is 3.57. The van der Waals surface area contributed by atoms with Crippen molar-refractivity contribution >= 4 is 10.8 Å². The topological polar surface area (TPSA) is 9.23 Å². The molecule has 170 valence electrons. The number of rotatable bonds is 6. The van der Waals surface area contributed by atoms with E-state index in [-0.39, 0.29) is 29.7 Å². The molecule has 0 bridgehead atoms. The van der Waals surface area contributed by atoms with E-state index in [1.54, 1.807) is 12.1 Å². The van der Waals surface area contributed by atoms with Crippen molar-refractivity contribution in [2.75, 3.05) is 6.61 Å². The van der Waals surface area contributed by atoms with Gasteiger partial charge in [0.25, 0.3) is 0 Å². The Kier molecular flexibility index (Phi) is 6.98. The average molecular weight is 460 g/mol. The van der Waals surface area contributed by atoms with E-state index in [0.717, 1.165) is 17.2 Å². The Labute approximate surface area is 195 Å². The minimum absolute atomic E-state index is 0.0162. The lowest BCUT2D eigenvalue weighted by molar-refractivity contribution is 0.357. The van der Waals surface area contributed by atoms with Crippen molar-refractivity contribution in [3.8, 4) is 17.6 Å². The molecule has 34 heavy (non-hydrogen) atoms. The van der Waals surface area contributed by atoms with Gasteiger partial charge in [0.15, 0.2) is 11.6 Å². The van der Waals surface area contributed by atoms with E-state index < -0.39 is 23.3 Å². The number of ether oxygens (including phenoxy) is 1. The van der Waals surface area contributed by atoms with Crippen LogP contribution >= 0.6 is 0 Å². The van der Waals surface area contributed by atoms with Gasteiger partial charge in [0.2, 0.25) is 0 Å². The second-order valence-electron chi connectivity index (χ2n) is 7.71.